The number of benzene rings is 1. The Balaban J connectivity index is 1.63. The number of nitrogens with one attached hydrogen (secondary N) is 1. The molecule has 0 unspecified atom stereocenters. The van der Waals surface area contributed by atoms with Crippen molar-refractivity contribution < 1.29 is 14.3 Å². The number of thiophene rings is 1. The molecule has 0 radical (unpaired) electrons. The predicted molar refractivity (Wildman–Crippen MR) is 90.4 cm³/mol. The van der Waals surface area contributed by atoms with Gasteiger partial charge in [0.15, 0.2) is 5.69 Å². The summed E-state index contributed by atoms with van der Waals surface area (Å²) in [6.07, 6.45) is 2.87. The van der Waals surface area contributed by atoms with Crippen LogP contribution in [0.1, 0.15) is 25.9 Å². The van der Waals surface area contributed by atoms with Gasteiger partial charge < -0.3 is 10.1 Å². The van der Waals surface area contributed by atoms with Crippen LogP contribution < -0.4 is 10.1 Å². The molecule has 0 bridgehead atoms. The molecule has 24 heavy (non-hydrogen) atoms. The summed E-state index contributed by atoms with van der Waals surface area (Å²) in [6.45, 7) is 1.78. The van der Waals surface area contributed by atoms with Gasteiger partial charge in [0.05, 0.1) is 16.8 Å². The summed E-state index contributed by atoms with van der Waals surface area (Å²) in [6, 6.07) is 10.1. The van der Waals surface area contributed by atoms with Gasteiger partial charge in [-0.05, 0) is 42.6 Å². The van der Waals surface area contributed by atoms with E-state index in [9.17, 15) is 9.59 Å². The van der Waals surface area contributed by atoms with Gasteiger partial charge in [-0.3, -0.25) is 9.78 Å². The summed E-state index contributed by atoms with van der Waals surface area (Å²) >= 11 is 1.37. The molecule has 0 aliphatic carbocycles. The highest BCUT2D eigenvalue weighted by molar-refractivity contribution is 7.12. The summed E-state index contributed by atoms with van der Waals surface area (Å²) in [5.74, 6) is -0.404. The van der Waals surface area contributed by atoms with Crippen LogP contribution in [0.5, 0.6) is 5.75 Å². The summed E-state index contributed by atoms with van der Waals surface area (Å²) < 4.78 is 5.22. The van der Waals surface area contributed by atoms with E-state index in [1.54, 1.807) is 37.3 Å². The molecule has 0 fully saturated rings. The third-order valence-corrected chi connectivity index (χ3v) is 3.93. The van der Waals surface area contributed by atoms with Crippen molar-refractivity contribution in [3.8, 4) is 5.75 Å². The molecule has 0 aliphatic heterocycles. The van der Waals surface area contributed by atoms with E-state index < -0.39 is 5.97 Å². The Kier molecular flexibility index (Phi) is 4.62. The first-order chi connectivity index (χ1) is 11.6. The second kappa shape index (κ2) is 7.01. The van der Waals surface area contributed by atoms with Gasteiger partial charge in [-0.15, -0.1) is 11.3 Å². The fourth-order valence-electron chi connectivity index (χ4n) is 1.86. The van der Waals surface area contributed by atoms with Crippen LogP contribution in [0.25, 0.3) is 0 Å². The van der Waals surface area contributed by atoms with Gasteiger partial charge in [0.25, 0.3) is 5.91 Å². The number of nitrogens with zero attached hydrogens (tertiary/aromatic N) is 2. The van der Waals surface area contributed by atoms with Gasteiger partial charge >= 0.3 is 5.97 Å². The standard InChI is InChI=1S/C17H13N3O3S/c1-11-9-19-14(10-18-11)17(22)23-13-6-4-12(5-7-13)20-16(21)15-3-2-8-24-15/h2-10H,1H3,(H,20,21). The van der Waals surface area contributed by atoms with Gasteiger partial charge in [0.1, 0.15) is 5.75 Å². The van der Waals surface area contributed by atoms with E-state index in [0.29, 0.717) is 16.3 Å². The summed E-state index contributed by atoms with van der Waals surface area (Å²) in [5.41, 5.74) is 1.47. The molecule has 0 aliphatic rings. The zero-order valence-corrected chi connectivity index (χ0v) is 13.5. The Morgan fingerprint density at radius 3 is 2.50 bits per heavy atom. The molecule has 6 nitrogen and oxygen atoms in total. The molecule has 0 saturated carbocycles. The first-order valence-corrected chi connectivity index (χ1v) is 7.95. The van der Waals surface area contributed by atoms with Crippen LogP contribution in [0.15, 0.2) is 54.2 Å². The first kappa shape index (κ1) is 15.8. The Morgan fingerprint density at radius 1 is 1.08 bits per heavy atom. The number of hydrogen-bond donors (Lipinski definition) is 1. The fraction of sp³-hybridized carbons (Fsp3) is 0.0588. The predicted octanol–water partition coefficient (Wildman–Crippen LogP) is 3.32. The molecule has 0 atom stereocenters. The van der Waals surface area contributed by atoms with E-state index in [-0.39, 0.29) is 11.6 Å². The Labute approximate surface area is 142 Å². The molecule has 3 rings (SSSR count). The number of aromatic nitrogens is 2. The maximum Gasteiger partial charge on any atom is 0.363 e. The zero-order chi connectivity index (χ0) is 16.9. The molecule has 0 saturated heterocycles. The molecular weight excluding hydrogens is 326 g/mol. The number of anilines is 1. The average molecular weight is 339 g/mol. The van der Waals surface area contributed by atoms with Gasteiger partial charge in [-0.25, -0.2) is 9.78 Å². The number of carbonyl (C=O) groups is 2. The molecule has 1 amide bonds. The van der Waals surface area contributed by atoms with Crippen molar-refractivity contribution in [1.29, 1.82) is 0 Å². The molecular formula is C17H13N3O3S. The van der Waals surface area contributed by atoms with Gasteiger partial charge in [-0.2, -0.15) is 0 Å². The average Bonchev–Trinajstić information content (AvgIpc) is 3.12. The van der Waals surface area contributed by atoms with Crippen LogP contribution in [-0.2, 0) is 0 Å². The van der Waals surface area contributed by atoms with E-state index in [1.165, 1.54) is 23.7 Å². The molecule has 120 valence electrons. The van der Waals surface area contributed by atoms with Crippen molar-refractivity contribution in [2.45, 2.75) is 6.92 Å². The SMILES string of the molecule is Cc1cnc(C(=O)Oc2ccc(NC(=O)c3cccs3)cc2)cn1. The first-order valence-electron chi connectivity index (χ1n) is 7.07. The van der Waals surface area contributed by atoms with Gasteiger partial charge in [-0.1, -0.05) is 6.07 Å². The second-order valence-electron chi connectivity index (χ2n) is 4.89. The van der Waals surface area contributed by atoms with Crippen molar-refractivity contribution in [3.63, 3.8) is 0 Å². The molecule has 1 aromatic carbocycles. The van der Waals surface area contributed by atoms with Crippen molar-refractivity contribution in [1.82, 2.24) is 9.97 Å². The molecule has 7 heteroatoms. The summed E-state index contributed by atoms with van der Waals surface area (Å²) in [5, 5.41) is 4.61. The highest BCUT2D eigenvalue weighted by atomic mass is 32.1. The highest BCUT2D eigenvalue weighted by Crippen LogP contribution is 2.18. The molecule has 2 heterocycles. The minimum absolute atomic E-state index is 0.135. The molecule has 3 aromatic rings. The van der Waals surface area contributed by atoms with E-state index in [2.05, 4.69) is 15.3 Å². The van der Waals surface area contributed by atoms with Crippen LogP contribution in [0.3, 0.4) is 0 Å². The van der Waals surface area contributed by atoms with Crippen molar-refractivity contribution in [3.05, 3.63) is 70.4 Å². The van der Waals surface area contributed by atoms with Crippen LogP contribution in [-0.4, -0.2) is 21.8 Å². The number of carbonyl (C=O) groups excluding carboxylic acids is 2. The monoisotopic (exact) mass is 339 g/mol. The minimum Gasteiger partial charge on any atom is -0.422 e. The van der Waals surface area contributed by atoms with Crippen molar-refractivity contribution >= 4 is 28.9 Å². The van der Waals surface area contributed by atoms with Crippen molar-refractivity contribution in [2.75, 3.05) is 5.32 Å². The third kappa shape index (κ3) is 3.82. The maximum absolute atomic E-state index is 12.0. The number of aryl methyl sites for hydroxylation is 1. The number of esters is 1. The minimum atomic E-state index is -0.585. The van der Waals surface area contributed by atoms with Gasteiger partial charge in [0.2, 0.25) is 0 Å². The smallest absolute Gasteiger partial charge is 0.363 e. The van der Waals surface area contributed by atoms with Gasteiger partial charge in [0, 0.05) is 11.9 Å². The topological polar surface area (TPSA) is 81.2 Å². The normalized spacial score (nSPS) is 10.2. The van der Waals surface area contributed by atoms with Crippen molar-refractivity contribution in [2.24, 2.45) is 0 Å². The molecule has 2 aromatic heterocycles. The molecule has 0 spiro atoms. The zero-order valence-electron chi connectivity index (χ0n) is 12.7. The van der Waals surface area contributed by atoms with Crippen LogP contribution >= 0.6 is 11.3 Å². The van der Waals surface area contributed by atoms with E-state index in [1.807, 2.05) is 11.4 Å². The van der Waals surface area contributed by atoms with Crippen LogP contribution in [0.2, 0.25) is 0 Å². The second-order valence-corrected chi connectivity index (χ2v) is 5.84. The van der Waals surface area contributed by atoms with Crippen LogP contribution in [0.4, 0.5) is 5.69 Å². The number of amides is 1. The van der Waals surface area contributed by atoms with Crippen LogP contribution in [0, 0.1) is 6.92 Å². The number of ether oxygens (including phenoxy) is 1. The summed E-state index contributed by atoms with van der Waals surface area (Å²) in [4.78, 5) is 32.5. The number of hydrogen-bond acceptors (Lipinski definition) is 6. The Hall–Kier alpha value is -3.06. The lowest BCUT2D eigenvalue weighted by atomic mass is 10.3. The third-order valence-electron chi connectivity index (χ3n) is 3.06. The lowest BCUT2D eigenvalue weighted by Crippen LogP contribution is -2.12. The lowest BCUT2D eigenvalue weighted by Gasteiger charge is -2.06. The highest BCUT2D eigenvalue weighted by Gasteiger charge is 2.11. The largest absolute Gasteiger partial charge is 0.422 e. The maximum atomic E-state index is 12.0. The van der Waals surface area contributed by atoms with E-state index in [4.69, 9.17) is 4.74 Å². The summed E-state index contributed by atoms with van der Waals surface area (Å²) in [7, 11) is 0. The Morgan fingerprint density at radius 2 is 1.88 bits per heavy atom. The quantitative estimate of drug-likeness (QED) is 0.582. The fourth-order valence-corrected chi connectivity index (χ4v) is 2.48. The lowest BCUT2D eigenvalue weighted by molar-refractivity contribution is 0.0727. The molecule has 1 N–H and O–H groups in total. The number of rotatable bonds is 4. The van der Waals surface area contributed by atoms with E-state index in [0.717, 1.165) is 5.69 Å². The van der Waals surface area contributed by atoms with E-state index >= 15 is 0 Å². The Bertz CT molecular complexity index is 844.